The van der Waals surface area contributed by atoms with Gasteiger partial charge in [-0.3, -0.25) is 18.6 Å². The normalized spacial score (nSPS) is 14.1. The van der Waals surface area contributed by atoms with Gasteiger partial charge in [0.15, 0.2) is 6.10 Å². The van der Waals surface area contributed by atoms with E-state index in [0.717, 1.165) is 116 Å². The van der Waals surface area contributed by atoms with E-state index in [1.165, 1.54) is 122 Å². The van der Waals surface area contributed by atoms with Gasteiger partial charge in [-0.2, -0.15) is 0 Å². The molecular weight excluding hydrogens is 1090 g/mol. The molecule has 0 aliphatic heterocycles. The molecule has 490 valence electrons. The lowest BCUT2D eigenvalue weighted by atomic mass is 10.0. The number of hydrogen-bond donors (Lipinski definition) is 1. The van der Waals surface area contributed by atoms with Gasteiger partial charge in [-0.1, -0.05) is 288 Å². The molecule has 2 atom stereocenters. The zero-order valence-electron chi connectivity index (χ0n) is 55.7. The standard InChI is InChI=1S/C76H128NO8P/c1-6-8-10-12-14-16-18-20-22-24-26-28-30-32-33-34-35-36-37-38-39-40-41-42-43-45-46-48-50-52-54-56-58-60-62-64-66-68-75(78)82-72-74(73-84-86(80,81)83-71-70-77(3,4)5)85-76(79)69-67-65-63-61-59-57-55-53-51-49-47-44-31-29-27-25-23-21-19-17-15-13-11-9-7-2/h8-11,14-17,20-23,26-29,32-33,44,47,51,53,57,59,74H,6-7,12-13,18-19,24-25,30-31,34-43,45-46,48-50,52,54-56,58,60-73H2,1-5H3/p+1/b10-8-,11-9-,16-14-,17-15-,22-20-,23-21-,28-26-,29-27-,33-32-,47-44-,53-51-,59-57-. The average molecular weight is 1220 g/mol. The highest BCUT2D eigenvalue weighted by Gasteiger charge is 2.27. The summed E-state index contributed by atoms with van der Waals surface area (Å²) in [7, 11) is 1.44. The van der Waals surface area contributed by atoms with E-state index in [-0.39, 0.29) is 32.0 Å². The summed E-state index contributed by atoms with van der Waals surface area (Å²) in [6.07, 6.45) is 96.7. The van der Waals surface area contributed by atoms with Crippen LogP contribution in [0.3, 0.4) is 0 Å². The van der Waals surface area contributed by atoms with Gasteiger partial charge in [-0.05, 0) is 116 Å². The number of hydrogen-bond acceptors (Lipinski definition) is 7. The summed E-state index contributed by atoms with van der Waals surface area (Å²) in [5.41, 5.74) is 0. The maximum atomic E-state index is 12.8. The number of allylic oxidation sites excluding steroid dienone is 24. The molecule has 1 N–H and O–H groups in total. The number of carbonyl (C=O) groups is 2. The summed E-state index contributed by atoms with van der Waals surface area (Å²) in [5.74, 6) is -0.837. The first-order valence-electron chi connectivity index (χ1n) is 34.6. The van der Waals surface area contributed by atoms with E-state index in [1.54, 1.807) is 0 Å². The molecule has 0 radical (unpaired) electrons. The van der Waals surface area contributed by atoms with Gasteiger partial charge < -0.3 is 18.9 Å². The van der Waals surface area contributed by atoms with Gasteiger partial charge in [-0.25, -0.2) is 4.57 Å². The Hall–Kier alpha value is -4.11. The van der Waals surface area contributed by atoms with Crippen LogP contribution in [-0.4, -0.2) is 74.9 Å². The first-order valence-corrected chi connectivity index (χ1v) is 36.1. The van der Waals surface area contributed by atoms with Gasteiger partial charge in [0.05, 0.1) is 27.7 Å². The summed E-state index contributed by atoms with van der Waals surface area (Å²) in [5, 5.41) is 0. The minimum atomic E-state index is -4.41. The number of likely N-dealkylation sites (N-methyl/N-ethyl adjacent to an activating group) is 1. The van der Waals surface area contributed by atoms with Crippen molar-refractivity contribution < 1.29 is 42.1 Å². The number of ether oxygens (including phenoxy) is 2. The smallest absolute Gasteiger partial charge is 0.462 e. The highest BCUT2D eigenvalue weighted by Crippen LogP contribution is 2.43. The molecule has 0 aliphatic rings. The summed E-state index contributed by atoms with van der Waals surface area (Å²) < 4.78 is 34.6. The quantitative estimate of drug-likeness (QED) is 0.0211. The molecule has 9 nitrogen and oxygen atoms in total. The SMILES string of the molecule is CC/C=C\C/C=C\C/C=C\C/C=C\C/C=C\C/C=C\C/C=C\CCCCCC(=O)OC(COC(=O)CCCCCCCCCCCCCCCCCCCCCCC/C=C\C/C=C\C/C=C\C/C=C\C/C=C\CC)COP(=O)(O)OCC[N+](C)(C)C. The lowest BCUT2D eigenvalue weighted by molar-refractivity contribution is -0.870. The highest BCUT2D eigenvalue weighted by atomic mass is 31.2. The Morgan fingerprint density at radius 2 is 0.628 bits per heavy atom. The number of nitrogens with zero attached hydrogens (tertiary/aromatic N) is 1. The van der Waals surface area contributed by atoms with E-state index in [4.69, 9.17) is 18.5 Å². The third-order valence-electron chi connectivity index (χ3n) is 14.4. The van der Waals surface area contributed by atoms with Crippen LogP contribution in [-0.2, 0) is 32.7 Å². The second-order valence-corrected chi connectivity index (χ2v) is 25.3. The van der Waals surface area contributed by atoms with Crippen LogP contribution < -0.4 is 0 Å². The second-order valence-electron chi connectivity index (χ2n) is 23.8. The second kappa shape index (κ2) is 65.3. The molecular formula is C76H129NO8P+. The van der Waals surface area contributed by atoms with E-state index >= 15 is 0 Å². The Morgan fingerprint density at radius 1 is 0.360 bits per heavy atom. The van der Waals surface area contributed by atoms with Crippen molar-refractivity contribution in [1.82, 2.24) is 0 Å². The summed E-state index contributed by atoms with van der Waals surface area (Å²) >= 11 is 0. The van der Waals surface area contributed by atoms with E-state index in [0.29, 0.717) is 17.4 Å². The predicted octanol–water partition coefficient (Wildman–Crippen LogP) is 22.6. The van der Waals surface area contributed by atoms with Crippen LogP contribution in [0.25, 0.3) is 0 Å². The molecule has 10 heteroatoms. The van der Waals surface area contributed by atoms with Crippen molar-refractivity contribution in [1.29, 1.82) is 0 Å². The van der Waals surface area contributed by atoms with E-state index in [1.807, 2.05) is 21.1 Å². The molecule has 0 fully saturated rings. The number of rotatable bonds is 62. The van der Waals surface area contributed by atoms with Crippen molar-refractivity contribution in [2.24, 2.45) is 0 Å². The van der Waals surface area contributed by atoms with Crippen molar-refractivity contribution in [3.63, 3.8) is 0 Å². The Morgan fingerprint density at radius 3 is 0.942 bits per heavy atom. The van der Waals surface area contributed by atoms with Crippen LogP contribution >= 0.6 is 7.82 Å². The van der Waals surface area contributed by atoms with Crippen LogP contribution in [0.4, 0.5) is 0 Å². The molecule has 0 aromatic rings. The number of phosphoric ester groups is 1. The van der Waals surface area contributed by atoms with Crippen molar-refractivity contribution in [2.45, 2.75) is 277 Å². The molecule has 0 saturated carbocycles. The fraction of sp³-hybridized carbons (Fsp3) is 0.658. The molecule has 0 aromatic carbocycles. The topological polar surface area (TPSA) is 108 Å². The van der Waals surface area contributed by atoms with Crippen LogP contribution in [0.1, 0.15) is 271 Å². The number of unbranched alkanes of at least 4 members (excludes halogenated alkanes) is 24. The Balaban J connectivity index is 4.07. The third kappa shape index (κ3) is 69.0. The molecule has 0 aromatic heterocycles. The molecule has 0 heterocycles. The Labute approximate surface area is 529 Å². The number of phosphoric acid groups is 1. The minimum Gasteiger partial charge on any atom is -0.462 e. The zero-order valence-corrected chi connectivity index (χ0v) is 56.6. The largest absolute Gasteiger partial charge is 0.472 e. The third-order valence-corrected chi connectivity index (χ3v) is 15.3. The number of carbonyl (C=O) groups excluding carboxylic acids is 2. The van der Waals surface area contributed by atoms with Crippen molar-refractivity contribution in [2.75, 3.05) is 47.5 Å². The lowest BCUT2D eigenvalue weighted by Crippen LogP contribution is -2.37. The monoisotopic (exact) mass is 1210 g/mol. The lowest BCUT2D eigenvalue weighted by Gasteiger charge is -2.24. The summed E-state index contributed by atoms with van der Waals surface area (Å²) in [6.45, 7) is 4.17. The molecule has 0 rings (SSSR count). The van der Waals surface area contributed by atoms with E-state index in [9.17, 15) is 19.0 Å². The van der Waals surface area contributed by atoms with Gasteiger partial charge in [0.1, 0.15) is 19.8 Å². The maximum Gasteiger partial charge on any atom is 0.472 e. The van der Waals surface area contributed by atoms with Crippen molar-refractivity contribution in [3.05, 3.63) is 146 Å². The van der Waals surface area contributed by atoms with Gasteiger partial charge in [0.25, 0.3) is 0 Å². The van der Waals surface area contributed by atoms with E-state index in [2.05, 4.69) is 160 Å². The fourth-order valence-corrected chi connectivity index (χ4v) is 9.88. The van der Waals surface area contributed by atoms with Crippen LogP contribution in [0, 0.1) is 0 Å². The minimum absolute atomic E-state index is 0.0187. The molecule has 0 spiro atoms. The number of quaternary nitrogens is 1. The van der Waals surface area contributed by atoms with E-state index < -0.39 is 26.5 Å². The molecule has 0 amide bonds. The Bertz CT molecular complexity index is 1960. The maximum absolute atomic E-state index is 12.8. The summed E-state index contributed by atoms with van der Waals surface area (Å²) in [6, 6.07) is 0. The van der Waals surface area contributed by atoms with Crippen molar-refractivity contribution >= 4 is 19.8 Å². The first kappa shape index (κ1) is 81.9. The van der Waals surface area contributed by atoms with Crippen LogP contribution in [0.15, 0.2) is 146 Å². The van der Waals surface area contributed by atoms with Crippen LogP contribution in [0.5, 0.6) is 0 Å². The fourth-order valence-electron chi connectivity index (χ4n) is 9.14. The molecule has 0 saturated heterocycles. The van der Waals surface area contributed by atoms with Gasteiger partial charge in [-0.15, -0.1) is 0 Å². The first-order chi connectivity index (χ1) is 42.0. The molecule has 2 unspecified atom stereocenters. The number of esters is 2. The molecule has 0 bridgehead atoms. The van der Waals surface area contributed by atoms with Gasteiger partial charge >= 0.3 is 19.8 Å². The van der Waals surface area contributed by atoms with Crippen molar-refractivity contribution in [3.8, 4) is 0 Å². The van der Waals surface area contributed by atoms with Crippen LogP contribution in [0.2, 0.25) is 0 Å². The predicted molar refractivity (Wildman–Crippen MR) is 371 cm³/mol. The molecule has 0 aliphatic carbocycles. The zero-order chi connectivity index (χ0) is 62.6. The molecule has 86 heavy (non-hydrogen) atoms. The average Bonchev–Trinajstić information content (AvgIpc) is 3.70. The Kier molecular flexibility index (Phi) is 62.2. The summed E-state index contributed by atoms with van der Waals surface area (Å²) in [4.78, 5) is 35.8. The highest BCUT2D eigenvalue weighted by molar-refractivity contribution is 7.47. The van der Waals surface area contributed by atoms with Gasteiger partial charge in [0, 0.05) is 12.8 Å². The van der Waals surface area contributed by atoms with Gasteiger partial charge in [0.2, 0.25) is 0 Å².